The Morgan fingerprint density at radius 3 is 2.53 bits per heavy atom. The van der Waals surface area contributed by atoms with Crippen LogP contribution in [-0.4, -0.2) is 28.9 Å². The second-order valence-corrected chi connectivity index (χ2v) is 5.24. The second-order valence-electron chi connectivity index (χ2n) is 4.21. The van der Waals surface area contributed by atoms with Crippen LogP contribution >= 0.6 is 11.8 Å². The number of hydrogen-bond acceptors (Lipinski definition) is 3. The standard InChI is InChI=1S/C13H19NO2S/c1-10(2)14-12(13(15)16)9-17-8-11-6-4-3-5-7-11/h3-7,10,12,14H,8-9H2,1-2H3,(H,15,16). The summed E-state index contributed by atoms with van der Waals surface area (Å²) in [6.45, 7) is 3.91. The van der Waals surface area contributed by atoms with E-state index >= 15 is 0 Å². The van der Waals surface area contributed by atoms with Crippen molar-refractivity contribution < 1.29 is 9.90 Å². The molecule has 0 aliphatic carbocycles. The van der Waals surface area contributed by atoms with Crippen LogP contribution in [0.2, 0.25) is 0 Å². The Morgan fingerprint density at radius 1 is 1.35 bits per heavy atom. The number of nitrogens with one attached hydrogen (secondary N) is 1. The molecule has 0 heterocycles. The molecule has 4 heteroatoms. The maximum atomic E-state index is 11.0. The van der Waals surface area contributed by atoms with Crippen molar-refractivity contribution in [2.24, 2.45) is 0 Å². The lowest BCUT2D eigenvalue weighted by atomic mass is 10.2. The first-order valence-corrected chi connectivity index (χ1v) is 6.85. The van der Waals surface area contributed by atoms with Gasteiger partial charge >= 0.3 is 5.97 Å². The molecule has 0 saturated heterocycles. The molecule has 1 aromatic carbocycles. The summed E-state index contributed by atoms with van der Waals surface area (Å²) in [4.78, 5) is 11.0. The quantitative estimate of drug-likeness (QED) is 0.783. The Bertz CT molecular complexity index is 341. The highest BCUT2D eigenvalue weighted by atomic mass is 32.2. The zero-order valence-electron chi connectivity index (χ0n) is 10.2. The summed E-state index contributed by atoms with van der Waals surface area (Å²) in [5, 5.41) is 12.1. The number of carbonyl (C=O) groups is 1. The van der Waals surface area contributed by atoms with E-state index in [2.05, 4.69) is 17.4 Å². The first-order valence-electron chi connectivity index (χ1n) is 5.70. The SMILES string of the molecule is CC(C)NC(CSCc1ccccc1)C(=O)O. The number of thioether (sulfide) groups is 1. The molecule has 94 valence electrons. The average Bonchev–Trinajstić information content (AvgIpc) is 2.28. The molecule has 0 aliphatic rings. The van der Waals surface area contributed by atoms with Gasteiger partial charge in [-0.15, -0.1) is 0 Å². The highest BCUT2D eigenvalue weighted by Gasteiger charge is 2.17. The monoisotopic (exact) mass is 253 g/mol. The second kappa shape index (κ2) is 7.35. The third-order valence-electron chi connectivity index (χ3n) is 2.23. The van der Waals surface area contributed by atoms with Crippen LogP contribution < -0.4 is 5.32 Å². The summed E-state index contributed by atoms with van der Waals surface area (Å²) in [5.74, 6) is 0.659. The maximum absolute atomic E-state index is 11.0. The van der Waals surface area contributed by atoms with Gasteiger partial charge in [0.05, 0.1) is 0 Å². The van der Waals surface area contributed by atoms with Crippen LogP contribution in [0.15, 0.2) is 30.3 Å². The molecule has 0 radical (unpaired) electrons. The average molecular weight is 253 g/mol. The fraction of sp³-hybridized carbons (Fsp3) is 0.462. The van der Waals surface area contributed by atoms with Crippen molar-refractivity contribution in [3.05, 3.63) is 35.9 Å². The van der Waals surface area contributed by atoms with Gasteiger partial charge in [0.1, 0.15) is 6.04 Å². The summed E-state index contributed by atoms with van der Waals surface area (Å²) >= 11 is 1.64. The van der Waals surface area contributed by atoms with Crippen LogP contribution in [0.4, 0.5) is 0 Å². The van der Waals surface area contributed by atoms with Gasteiger partial charge in [-0.1, -0.05) is 44.2 Å². The molecule has 0 bridgehead atoms. The zero-order chi connectivity index (χ0) is 12.7. The van der Waals surface area contributed by atoms with Crippen LogP contribution in [0, 0.1) is 0 Å². The van der Waals surface area contributed by atoms with Gasteiger partial charge in [0.25, 0.3) is 0 Å². The molecular formula is C13H19NO2S. The van der Waals surface area contributed by atoms with Gasteiger partial charge in [0.2, 0.25) is 0 Å². The number of rotatable bonds is 7. The van der Waals surface area contributed by atoms with E-state index < -0.39 is 12.0 Å². The van der Waals surface area contributed by atoms with E-state index in [1.54, 1.807) is 11.8 Å². The third kappa shape index (κ3) is 5.75. The fourth-order valence-electron chi connectivity index (χ4n) is 1.46. The summed E-state index contributed by atoms with van der Waals surface area (Å²) in [7, 11) is 0. The zero-order valence-corrected chi connectivity index (χ0v) is 11.0. The number of benzene rings is 1. The van der Waals surface area contributed by atoms with E-state index in [1.807, 2.05) is 32.0 Å². The van der Waals surface area contributed by atoms with Crippen LogP contribution in [0.1, 0.15) is 19.4 Å². The topological polar surface area (TPSA) is 49.3 Å². The van der Waals surface area contributed by atoms with Gasteiger partial charge in [-0.2, -0.15) is 11.8 Å². The molecule has 1 rings (SSSR count). The molecule has 1 unspecified atom stereocenters. The van der Waals surface area contributed by atoms with Crippen molar-refractivity contribution in [1.82, 2.24) is 5.32 Å². The molecule has 2 N–H and O–H groups in total. The summed E-state index contributed by atoms with van der Waals surface area (Å²) in [5.41, 5.74) is 1.23. The van der Waals surface area contributed by atoms with Gasteiger partial charge in [-0.25, -0.2) is 0 Å². The molecule has 0 aromatic heterocycles. The van der Waals surface area contributed by atoms with Gasteiger partial charge < -0.3 is 10.4 Å². The van der Waals surface area contributed by atoms with Gasteiger partial charge in [-0.05, 0) is 5.56 Å². The smallest absolute Gasteiger partial charge is 0.321 e. The minimum atomic E-state index is -0.778. The molecule has 0 fully saturated rings. The van der Waals surface area contributed by atoms with Crippen molar-refractivity contribution in [3.8, 4) is 0 Å². The Balaban J connectivity index is 2.35. The predicted octanol–water partition coefficient (Wildman–Crippen LogP) is 2.37. The van der Waals surface area contributed by atoms with Crippen molar-refractivity contribution >= 4 is 17.7 Å². The van der Waals surface area contributed by atoms with Crippen LogP contribution in [0.5, 0.6) is 0 Å². The summed E-state index contributed by atoms with van der Waals surface area (Å²) < 4.78 is 0. The third-order valence-corrected chi connectivity index (χ3v) is 3.34. The lowest BCUT2D eigenvalue weighted by Gasteiger charge is -2.16. The number of hydrogen-bond donors (Lipinski definition) is 2. The lowest BCUT2D eigenvalue weighted by molar-refractivity contribution is -0.139. The van der Waals surface area contributed by atoms with Crippen LogP contribution in [-0.2, 0) is 10.5 Å². The van der Waals surface area contributed by atoms with E-state index in [0.717, 1.165) is 5.75 Å². The van der Waals surface area contributed by atoms with Crippen molar-refractivity contribution in [1.29, 1.82) is 0 Å². The molecule has 3 nitrogen and oxygen atoms in total. The van der Waals surface area contributed by atoms with E-state index in [-0.39, 0.29) is 6.04 Å². The van der Waals surface area contributed by atoms with E-state index in [1.165, 1.54) is 5.56 Å². The number of aliphatic carboxylic acids is 1. The normalized spacial score (nSPS) is 12.6. The Morgan fingerprint density at radius 2 is 2.00 bits per heavy atom. The minimum absolute atomic E-state index is 0.188. The Hall–Kier alpha value is -1.00. The Kier molecular flexibility index (Phi) is 6.08. The molecular weight excluding hydrogens is 234 g/mol. The van der Waals surface area contributed by atoms with Crippen molar-refractivity contribution in [2.75, 3.05) is 5.75 Å². The van der Waals surface area contributed by atoms with Gasteiger partial charge in [-0.3, -0.25) is 4.79 Å². The summed E-state index contributed by atoms with van der Waals surface area (Å²) in [6, 6.07) is 9.80. The molecule has 0 amide bonds. The molecule has 0 spiro atoms. The van der Waals surface area contributed by atoms with Gasteiger partial charge in [0, 0.05) is 17.5 Å². The minimum Gasteiger partial charge on any atom is -0.480 e. The first-order chi connectivity index (χ1) is 8.09. The number of carboxylic acid groups (broad SMARTS) is 1. The molecule has 0 aliphatic heterocycles. The van der Waals surface area contributed by atoms with Crippen molar-refractivity contribution in [2.45, 2.75) is 31.7 Å². The predicted molar refractivity (Wildman–Crippen MR) is 72.3 cm³/mol. The van der Waals surface area contributed by atoms with Crippen LogP contribution in [0.25, 0.3) is 0 Å². The van der Waals surface area contributed by atoms with E-state index in [4.69, 9.17) is 5.11 Å². The fourth-order valence-corrected chi connectivity index (χ4v) is 2.48. The lowest BCUT2D eigenvalue weighted by Crippen LogP contribution is -2.42. The maximum Gasteiger partial charge on any atom is 0.321 e. The van der Waals surface area contributed by atoms with Crippen LogP contribution in [0.3, 0.4) is 0 Å². The summed E-state index contributed by atoms with van der Waals surface area (Å²) in [6.07, 6.45) is 0. The molecule has 1 aromatic rings. The molecule has 0 saturated carbocycles. The molecule has 1 atom stereocenters. The highest BCUT2D eigenvalue weighted by Crippen LogP contribution is 2.13. The van der Waals surface area contributed by atoms with E-state index in [9.17, 15) is 4.79 Å². The van der Waals surface area contributed by atoms with Gasteiger partial charge in [0.15, 0.2) is 0 Å². The first kappa shape index (κ1) is 14.1. The Labute approximate surface area is 107 Å². The number of carboxylic acids is 1. The van der Waals surface area contributed by atoms with E-state index in [0.29, 0.717) is 5.75 Å². The highest BCUT2D eigenvalue weighted by molar-refractivity contribution is 7.98. The van der Waals surface area contributed by atoms with Crippen molar-refractivity contribution in [3.63, 3.8) is 0 Å². The molecule has 17 heavy (non-hydrogen) atoms. The largest absolute Gasteiger partial charge is 0.480 e.